The highest BCUT2D eigenvalue weighted by molar-refractivity contribution is 5.95. The van der Waals surface area contributed by atoms with Gasteiger partial charge in [-0.2, -0.15) is 0 Å². The van der Waals surface area contributed by atoms with Gasteiger partial charge in [-0.25, -0.2) is 0 Å². The van der Waals surface area contributed by atoms with Crippen molar-refractivity contribution in [1.29, 1.82) is 0 Å². The summed E-state index contributed by atoms with van der Waals surface area (Å²) in [4.78, 5) is 25.2. The summed E-state index contributed by atoms with van der Waals surface area (Å²) in [6.45, 7) is 2.36. The number of nitrogens with zero attached hydrogens (tertiary/aromatic N) is 2. The van der Waals surface area contributed by atoms with Crippen LogP contribution in [0.2, 0.25) is 0 Å². The number of rotatable bonds is 6. The number of hydrogen-bond acceptors (Lipinski definition) is 6. The van der Waals surface area contributed by atoms with E-state index >= 15 is 0 Å². The van der Waals surface area contributed by atoms with Gasteiger partial charge in [0.05, 0.1) is 25.2 Å². The summed E-state index contributed by atoms with van der Waals surface area (Å²) in [5.74, 6) is 0.527. The maximum atomic E-state index is 12.5. The van der Waals surface area contributed by atoms with E-state index in [0.717, 1.165) is 11.3 Å². The number of nitro benzene ring substituents is 1. The third-order valence-electron chi connectivity index (χ3n) is 4.38. The number of nitro groups is 1. The summed E-state index contributed by atoms with van der Waals surface area (Å²) in [5.41, 5.74) is 1.51. The molecular weight excluding hydrogens is 350 g/mol. The lowest BCUT2D eigenvalue weighted by Crippen LogP contribution is -2.40. The molecule has 0 aromatic heterocycles. The van der Waals surface area contributed by atoms with E-state index in [9.17, 15) is 14.9 Å². The van der Waals surface area contributed by atoms with Gasteiger partial charge in [0.25, 0.3) is 11.6 Å². The molecule has 3 rings (SSSR count). The van der Waals surface area contributed by atoms with Crippen molar-refractivity contribution >= 4 is 17.3 Å². The molecule has 1 aliphatic heterocycles. The lowest BCUT2D eigenvalue weighted by atomic mass is 10.1. The molecule has 1 saturated heterocycles. The van der Waals surface area contributed by atoms with Crippen LogP contribution >= 0.6 is 0 Å². The molecule has 0 saturated carbocycles. The number of carbonyl (C=O) groups excluding carboxylic acids is 1. The van der Waals surface area contributed by atoms with Crippen LogP contribution < -0.4 is 10.1 Å². The van der Waals surface area contributed by atoms with E-state index in [1.807, 2.05) is 24.3 Å². The van der Waals surface area contributed by atoms with Crippen molar-refractivity contribution in [2.45, 2.75) is 6.54 Å². The molecule has 0 unspecified atom stereocenters. The van der Waals surface area contributed by atoms with Crippen LogP contribution in [0, 0.1) is 10.1 Å². The maximum absolute atomic E-state index is 12.5. The number of carbonyl (C=O) groups is 1. The molecule has 1 heterocycles. The van der Waals surface area contributed by atoms with E-state index in [1.165, 1.54) is 6.07 Å². The molecule has 0 spiro atoms. The fourth-order valence-electron chi connectivity index (χ4n) is 2.85. The Hall–Kier alpha value is -3.13. The number of hydrogen-bond donors (Lipinski definition) is 1. The van der Waals surface area contributed by atoms with E-state index in [4.69, 9.17) is 9.47 Å². The van der Waals surface area contributed by atoms with Crippen LogP contribution in [0.1, 0.15) is 15.9 Å². The highest BCUT2D eigenvalue weighted by Crippen LogP contribution is 2.27. The zero-order valence-electron chi connectivity index (χ0n) is 15.0. The number of ether oxygens (including phenoxy) is 2. The average Bonchev–Trinajstić information content (AvgIpc) is 2.72. The normalized spacial score (nSPS) is 13.9. The number of methoxy groups -OCH3 is 1. The number of anilines is 1. The van der Waals surface area contributed by atoms with Crippen LogP contribution in [-0.2, 0) is 11.3 Å². The minimum absolute atomic E-state index is 0.123. The van der Waals surface area contributed by atoms with E-state index < -0.39 is 4.92 Å². The third kappa shape index (κ3) is 4.53. The lowest BCUT2D eigenvalue weighted by Gasteiger charge is -2.26. The molecule has 27 heavy (non-hydrogen) atoms. The van der Waals surface area contributed by atoms with Gasteiger partial charge in [0.2, 0.25) is 0 Å². The van der Waals surface area contributed by atoms with Crippen molar-refractivity contribution in [2.75, 3.05) is 38.7 Å². The molecule has 8 heteroatoms. The SMILES string of the molecule is COc1ccc(CNc2ccc(C(=O)N3CCOCC3)cc2[N+](=O)[O-])cc1. The Morgan fingerprint density at radius 1 is 1.22 bits per heavy atom. The summed E-state index contributed by atoms with van der Waals surface area (Å²) in [6, 6.07) is 11.9. The van der Waals surface area contributed by atoms with Gasteiger partial charge in [0.1, 0.15) is 11.4 Å². The monoisotopic (exact) mass is 371 g/mol. The number of nitrogens with one attached hydrogen (secondary N) is 1. The Labute approximate surface area is 156 Å². The smallest absolute Gasteiger partial charge is 0.293 e. The second-order valence-electron chi connectivity index (χ2n) is 6.10. The number of amides is 1. The predicted molar refractivity (Wildman–Crippen MR) is 100 cm³/mol. The molecule has 0 bridgehead atoms. The van der Waals surface area contributed by atoms with Crippen LogP contribution in [0.5, 0.6) is 5.75 Å². The van der Waals surface area contributed by atoms with Crippen molar-refractivity contribution in [3.05, 3.63) is 63.7 Å². The first-order valence-electron chi connectivity index (χ1n) is 8.61. The minimum atomic E-state index is -0.480. The fraction of sp³-hybridized carbons (Fsp3) is 0.316. The Bertz CT molecular complexity index is 817. The summed E-state index contributed by atoms with van der Waals surface area (Å²) in [6.07, 6.45) is 0. The first-order chi connectivity index (χ1) is 13.1. The molecule has 2 aromatic rings. The van der Waals surface area contributed by atoms with Crippen LogP contribution in [0.25, 0.3) is 0 Å². The number of morpholine rings is 1. The van der Waals surface area contributed by atoms with Gasteiger partial charge in [0.15, 0.2) is 0 Å². The molecule has 2 aromatic carbocycles. The lowest BCUT2D eigenvalue weighted by molar-refractivity contribution is -0.384. The second-order valence-corrected chi connectivity index (χ2v) is 6.10. The quantitative estimate of drug-likeness (QED) is 0.620. The van der Waals surface area contributed by atoms with Crippen LogP contribution in [0.15, 0.2) is 42.5 Å². The molecule has 142 valence electrons. The molecule has 0 radical (unpaired) electrons. The molecule has 1 amide bonds. The summed E-state index contributed by atoms with van der Waals surface area (Å²) >= 11 is 0. The predicted octanol–water partition coefficient (Wildman–Crippen LogP) is 2.69. The van der Waals surface area contributed by atoms with E-state index in [0.29, 0.717) is 44.1 Å². The van der Waals surface area contributed by atoms with Crippen molar-refractivity contribution in [1.82, 2.24) is 4.90 Å². The first kappa shape index (κ1) is 18.7. The second kappa shape index (κ2) is 8.50. The van der Waals surface area contributed by atoms with Crippen LogP contribution in [-0.4, -0.2) is 49.1 Å². The molecule has 8 nitrogen and oxygen atoms in total. The Kier molecular flexibility index (Phi) is 5.87. The van der Waals surface area contributed by atoms with E-state index in [2.05, 4.69) is 5.32 Å². The average molecular weight is 371 g/mol. The van der Waals surface area contributed by atoms with Crippen molar-refractivity contribution in [3.8, 4) is 5.75 Å². The summed E-state index contributed by atoms with van der Waals surface area (Å²) < 4.78 is 10.3. The van der Waals surface area contributed by atoms with Crippen molar-refractivity contribution in [3.63, 3.8) is 0 Å². The summed E-state index contributed by atoms with van der Waals surface area (Å²) in [5, 5.41) is 14.5. The minimum Gasteiger partial charge on any atom is -0.497 e. The number of benzene rings is 2. The molecule has 1 fully saturated rings. The van der Waals surface area contributed by atoms with Gasteiger partial charge in [-0.1, -0.05) is 12.1 Å². The first-order valence-corrected chi connectivity index (χ1v) is 8.61. The standard InChI is InChI=1S/C19H21N3O5/c1-26-16-5-2-14(3-6-16)13-20-17-7-4-15(12-18(17)22(24)25)19(23)21-8-10-27-11-9-21/h2-7,12,20H,8-11,13H2,1H3. The van der Waals surface area contributed by atoms with Gasteiger partial charge in [-0.15, -0.1) is 0 Å². The van der Waals surface area contributed by atoms with E-state index in [-0.39, 0.29) is 11.6 Å². The van der Waals surface area contributed by atoms with Gasteiger partial charge < -0.3 is 19.7 Å². The topological polar surface area (TPSA) is 93.9 Å². The van der Waals surface area contributed by atoms with Crippen molar-refractivity contribution < 1.29 is 19.2 Å². The van der Waals surface area contributed by atoms with Gasteiger partial charge in [0, 0.05) is 31.3 Å². The molecular formula is C19H21N3O5. The molecule has 0 atom stereocenters. The Morgan fingerprint density at radius 2 is 1.93 bits per heavy atom. The van der Waals surface area contributed by atoms with Crippen LogP contribution in [0.4, 0.5) is 11.4 Å². The highest BCUT2D eigenvalue weighted by atomic mass is 16.6. The largest absolute Gasteiger partial charge is 0.497 e. The maximum Gasteiger partial charge on any atom is 0.293 e. The molecule has 1 N–H and O–H groups in total. The Morgan fingerprint density at radius 3 is 2.56 bits per heavy atom. The third-order valence-corrected chi connectivity index (χ3v) is 4.38. The Balaban J connectivity index is 1.74. The zero-order valence-corrected chi connectivity index (χ0v) is 15.0. The van der Waals surface area contributed by atoms with Gasteiger partial charge in [-0.05, 0) is 29.8 Å². The molecule has 0 aliphatic carbocycles. The fourth-order valence-corrected chi connectivity index (χ4v) is 2.85. The van der Waals surface area contributed by atoms with Gasteiger partial charge >= 0.3 is 0 Å². The van der Waals surface area contributed by atoms with E-state index in [1.54, 1.807) is 24.1 Å². The summed E-state index contributed by atoms with van der Waals surface area (Å²) in [7, 11) is 1.59. The highest BCUT2D eigenvalue weighted by Gasteiger charge is 2.22. The van der Waals surface area contributed by atoms with Gasteiger partial charge in [-0.3, -0.25) is 14.9 Å². The molecule has 1 aliphatic rings. The van der Waals surface area contributed by atoms with Crippen LogP contribution in [0.3, 0.4) is 0 Å². The zero-order chi connectivity index (χ0) is 19.2. The van der Waals surface area contributed by atoms with Crippen molar-refractivity contribution in [2.24, 2.45) is 0 Å².